The van der Waals surface area contributed by atoms with Crippen molar-refractivity contribution in [1.82, 2.24) is 5.32 Å². The van der Waals surface area contributed by atoms with Gasteiger partial charge in [-0.1, -0.05) is 35.9 Å². The van der Waals surface area contributed by atoms with Gasteiger partial charge < -0.3 is 10.6 Å². The van der Waals surface area contributed by atoms with Gasteiger partial charge in [0.25, 0.3) is 5.91 Å². The Morgan fingerprint density at radius 1 is 0.909 bits per heavy atom. The second kappa shape index (κ2) is 6.89. The predicted octanol–water partition coefficient (Wildman–Crippen LogP) is 2.98. The van der Waals surface area contributed by atoms with Gasteiger partial charge in [-0.05, 0) is 44.0 Å². The summed E-state index contributed by atoms with van der Waals surface area (Å²) in [6.07, 6.45) is 0. The van der Waals surface area contributed by atoms with Crippen molar-refractivity contribution in [1.29, 1.82) is 0 Å². The van der Waals surface area contributed by atoms with Crippen molar-refractivity contribution in [2.45, 2.75) is 20.8 Å². The monoisotopic (exact) mass is 296 g/mol. The highest BCUT2D eigenvalue weighted by atomic mass is 16.2. The van der Waals surface area contributed by atoms with E-state index in [0.29, 0.717) is 5.56 Å². The molecule has 2 rings (SSSR count). The summed E-state index contributed by atoms with van der Waals surface area (Å²) in [6.45, 7) is 5.78. The van der Waals surface area contributed by atoms with Crippen LogP contribution in [0.1, 0.15) is 27.0 Å². The van der Waals surface area contributed by atoms with E-state index in [1.165, 1.54) is 0 Å². The van der Waals surface area contributed by atoms with Crippen LogP contribution in [0.3, 0.4) is 0 Å². The molecule has 0 saturated carbocycles. The molecule has 0 spiro atoms. The minimum absolute atomic E-state index is 0.0551. The molecular weight excluding hydrogens is 276 g/mol. The highest BCUT2D eigenvalue weighted by Gasteiger charge is 2.10. The standard InChI is InChI=1S/C18H20N2O2/c1-12-7-9-15(10-8-12)18(22)19-11-16(21)20-17-13(2)5-4-6-14(17)3/h4-10H,11H2,1-3H3,(H,19,22)(H,20,21). The van der Waals surface area contributed by atoms with Crippen LogP contribution in [0.25, 0.3) is 0 Å². The second-order valence-corrected chi connectivity index (χ2v) is 5.36. The van der Waals surface area contributed by atoms with Crippen LogP contribution in [-0.2, 0) is 4.79 Å². The Bertz CT molecular complexity index is 670. The number of hydrogen-bond donors (Lipinski definition) is 2. The Hall–Kier alpha value is -2.62. The lowest BCUT2D eigenvalue weighted by Gasteiger charge is -2.12. The van der Waals surface area contributed by atoms with Crippen LogP contribution in [0.2, 0.25) is 0 Å². The van der Waals surface area contributed by atoms with E-state index in [-0.39, 0.29) is 18.4 Å². The topological polar surface area (TPSA) is 58.2 Å². The average molecular weight is 296 g/mol. The van der Waals surface area contributed by atoms with Gasteiger partial charge in [0, 0.05) is 11.3 Å². The molecule has 22 heavy (non-hydrogen) atoms. The molecule has 0 saturated heterocycles. The maximum Gasteiger partial charge on any atom is 0.251 e. The fraction of sp³-hybridized carbons (Fsp3) is 0.222. The Labute approximate surface area is 130 Å². The molecule has 4 nitrogen and oxygen atoms in total. The number of aryl methyl sites for hydroxylation is 3. The maximum atomic E-state index is 12.0. The van der Waals surface area contributed by atoms with Crippen molar-refractivity contribution in [2.75, 3.05) is 11.9 Å². The van der Waals surface area contributed by atoms with Gasteiger partial charge in [0.1, 0.15) is 0 Å². The average Bonchev–Trinajstić information content (AvgIpc) is 2.49. The lowest BCUT2D eigenvalue weighted by Crippen LogP contribution is -2.33. The zero-order valence-corrected chi connectivity index (χ0v) is 13.1. The van der Waals surface area contributed by atoms with Gasteiger partial charge in [-0.25, -0.2) is 0 Å². The summed E-state index contributed by atoms with van der Waals surface area (Å²) in [5.74, 6) is -0.491. The van der Waals surface area contributed by atoms with Crippen molar-refractivity contribution in [3.05, 3.63) is 64.7 Å². The normalized spacial score (nSPS) is 10.1. The number of para-hydroxylation sites is 1. The van der Waals surface area contributed by atoms with Crippen LogP contribution in [0.15, 0.2) is 42.5 Å². The van der Waals surface area contributed by atoms with Gasteiger partial charge >= 0.3 is 0 Å². The largest absolute Gasteiger partial charge is 0.343 e. The summed E-state index contributed by atoms with van der Waals surface area (Å²) in [4.78, 5) is 23.9. The molecule has 4 heteroatoms. The third-order valence-electron chi connectivity index (χ3n) is 3.47. The molecule has 2 N–H and O–H groups in total. The number of anilines is 1. The van der Waals surface area contributed by atoms with Crippen molar-refractivity contribution in [3.63, 3.8) is 0 Å². The zero-order valence-electron chi connectivity index (χ0n) is 13.1. The summed E-state index contributed by atoms with van der Waals surface area (Å²) in [5.41, 5.74) is 4.43. The number of benzene rings is 2. The summed E-state index contributed by atoms with van der Waals surface area (Å²) < 4.78 is 0. The Kier molecular flexibility index (Phi) is 4.94. The van der Waals surface area contributed by atoms with Crippen LogP contribution in [0.4, 0.5) is 5.69 Å². The van der Waals surface area contributed by atoms with Gasteiger partial charge in [0.2, 0.25) is 5.91 Å². The summed E-state index contributed by atoms with van der Waals surface area (Å²) in [7, 11) is 0. The molecule has 0 fully saturated rings. The van der Waals surface area contributed by atoms with Crippen molar-refractivity contribution < 1.29 is 9.59 Å². The van der Waals surface area contributed by atoms with Crippen LogP contribution in [0, 0.1) is 20.8 Å². The maximum absolute atomic E-state index is 12.0. The van der Waals surface area contributed by atoms with Crippen molar-refractivity contribution in [2.24, 2.45) is 0 Å². The Morgan fingerprint density at radius 2 is 1.50 bits per heavy atom. The van der Waals surface area contributed by atoms with Gasteiger partial charge in [-0.2, -0.15) is 0 Å². The second-order valence-electron chi connectivity index (χ2n) is 5.36. The third kappa shape index (κ3) is 3.95. The highest BCUT2D eigenvalue weighted by molar-refractivity contribution is 5.99. The van der Waals surface area contributed by atoms with Crippen LogP contribution >= 0.6 is 0 Å². The molecule has 0 aromatic heterocycles. The van der Waals surface area contributed by atoms with Crippen molar-refractivity contribution >= 4 is 17.5 Å². The van der Waals surface area contributed by atoms with Gasteiger partial charge in [-0.15, -0.1) is 0 Å². The summed E-state index contributed by atoms with van der Waals surface area (Å²) >= 11 is 0. The Balaban J connectivity index is 1.93. The lowest BCUT2D eigenvalue weighted by molar-refractivity contribution is -0.115. The molecule has 0 aliphatic rings. The highest BCUT2D eigenvalue weighted by Crippen LogP contribution is 2.18. The molecule has 0 heterocycles. The summed E-state index contributed by atoms with van der Waals surface area (Å²) in [6, 6.07) is 13.0. The SMILES string of the molecule is Cc1ccc(C(=O)NCC(=O)Nc2c(C)cccc2C)cc1. The summed E-state index contributed by atoms with van der Waals surface area (Å²) in [5, 5.41) is 5.47. The molecule has 0 atom stereocenters. The Morgan fingerprint density at radius 3 is 2.09 bits per heavy atom. The van der Waals surface area contributed by atoms with Crippen LogP contribution in [0.5, 0.6) is 0 Å². The van der Waals surface area contributed by atoms with E-state index in [4.69, 9.17) is 0 Å². The quantitative estimate of drug-likeness (QED) is 0.911. The molecule has 0 aliphatic heterocycles. The smallest absolute Gasteiger partial charge is 0.251 e. The van der Waals surface area contributed by atoms with Crippen LogP contribution in [-0.4, -0.2) is 18.4 Å². The molecule has 2 aromatic carbocycles. The first-order valence-electron chi connectivity index (χ1n) is 7.18. The molecule has 0 radical (unpaired) electrons. The van der Waals surface area contributed by atoms with E-state index in [1.807, 2.05) is 51.1 Å². The third-order valence-corrected chi connectivity index (χ3v) is 3.47. The van der Waals surface area contributed by atoms with E-state index in [9.17, 15) is 9.59 Å². The number of rotatable bonds is 4. The number of hydrogen-bond acceptors (Lipinski definition) is 2. The number of amides is 2. The molecular formula is C18H20N2O2. The minimum Gasteiger partial charge on any atom is -0.343 e. The fourth-order valence-corrected chi connectivity index (χ4v) is 2.16. The van der Waals surface area contributed by atoms with E-state index >= 15 is 0 Å². The molecule has 114 valence electrons. The first-order valence-corrected chi connectivity index (χ1v) is 7.18. The number of carbonyl (C=O) groups excluding carboxylic acids is 2. The molecule has 0 unspecified atom stereocenters. The lowest BCUT2D eigenvalue weighted by atomic mass is 10.1. The van der Waals surface area contributed by atoms with E-state index in [0.717, 1.165) is 22.4 Å². The van der Waals surface area contributed by atoms with E-state index in [1.54, 1.807) is 12.1 Å². The van der Waals surface area contributed by atoms with Crippen molar-refractivity contribution in [3.8, 4) is 0 Å². The molecule has 2 aromatic rings. The van der Waals surface area contributed by atoms with E-state index in [2.05, 4.69) is 10.6 Å². The predicted molar refractivity (Wildman–Crippen MR) is 88.1 cm³/mol. The van der Waals surface area contributed by atoms with E-state index < -0.39 is 0 Å². The van der Waals surface area contributed by atoms with Gasteiger partial charge in [0.05, 0.1) is 6.54 Å². The molecule has 0 aliphatic carbocycles. The fourth-order valence-electron chi connectivity index (χ4n) is 2.16. The first-order chi connectivity index (χ1) is 10.5. The van der Waals surface area contributed by atoms with Gasteiger partial charge in [0.15, 0.2) is 0 Å². The van der Waals surface area contributed by atoms with Gasteiger partial charge in [-0.3, -0.25) is 9.59 Å². The zero-order chi connectivity index (χ0) is 16.1. The number of carbonyl (C=O) groups is 2. The first kappa shape index (κ1) is 15.8. The van der Waals surface area contributed by atoms with Crippen LogP contribution < -0.4 is 10.6 Å². The molecule has 0 bridgehead atoms. The minimum atomic E-state index is -0.253. The number of nitrogens with one attached hydrogen (secondary N) is 2. The molecule has 2 amide bonds.